The first kappa shape index (κ1) is 19.5. The molecule has 1 N–H and O–H groups in total. The summed E-state index contributed by atoms with van der Waals surface area (Å²) in [6.45, 7) is 5.56. The zero-order valence-corrected chi connectivity index (χ0v) is 16.0. The van der Waals surface area contributed by atoms with E-state index in [1.165, 1.54) is 12.1 Å². The molecule has 0 bridgehead atoms. The number of carbonyl (C=O) groups excluding carboxylic acids is 1. The highest BCUT2D eigenvalue weighted by atomic mass is 19.1. The molecule has 3 rings (SSSR count). The molecule has 0 spiro atoms. The van der Waals surface area contributed by atoms with Crippen LogP contribution < -0.4 is 5.32 Å². The molecule has 0 aliphatic carbocycles. The maximum Gasteiger partial charge on any atom is 0.272 e. The van der Waals surface area contributed by atoms with Gasteiger partial charge in [0, 0.05) is 31.3 Å². The van der Waals surface area contributed by atoms with E-state index < -0.39 is 0 Å². The number of carbonyl (C=O) groups is 1. The van der Waals surface area contributed by atoms with Gasteiger partial charge in [0.05, 0.1) is 0 Å². The maximum absolute atomic E-state index is 13.1. The van der Waals surface area contributed by atoms with E-state index in [1.807, 2.05) is 44.2 Å². The standard InChI is InChI=1S/C22H23FN4O/c1-3-27(4-2)22(28)19-14-20(24-15-16-10-12-18(23)13-11-16)26-21(25-19)17-8-6-5-7-9-17/h5-14H,3-4,15H2,1-2H3,(H,24,25,26). The summed E-state index contributed by atoms with van der Waals surface area (Å²) in [5, 5.41) is 3.22. The average Bonchev–Trinajstić information content (AvgIpc) is 2.74. The lowest BCUT2D eigenvalue weighted by Gasteiger charge is -2.19. The predicted octanol–water partition coefficient (Wildman–Crippen LogP) is 4.38. The van der Waals surface area contributed by atoms with Gasteiger partial charge in [-0.2, -0.15) is 0 Å². The van der Waals surface area contributed by atoms with Crippen LogP contribution in [0.3, 0.4) is 0 Å². The molecule has 144 valence electrons. The topological polar surface area (TPSA) is 58.1 Å². The van der Waals surface area contributed by atoms with Gasteiger partial charge in [0.25, 0.3) is 5.91 Å². The van der Waals surface area contributed by atoms with Crippen molar-refractivity contribution < 1.29 is 9.18 Å². The molecule has 5 nitrogen and oxygen atoms in total. The highest BCUT2D eigenvalue weighted by Crippen LogP contribution is 2.19. The Morgan fingerprint density at radius 2 is 1.68 bits per heavy atom. The third kappa shape index (κ3) is 4.71. The molecule has 1 amide bonds. The lowest BCUT2D eigenvalue weighted by atomic mass is 10.2. The van der Waals surface area contributed by atoms with E-state index in [-0.39, 0.29) is 11.7 Å². The van der Waals surface area contributed by atoms with Crippen molar-refractivity contribution in [3.63, 3.8) is 0 Å². The smallest absolute Gasteiger partial charge is 0.272 e. The van der Waals surface area contributed by atoms with E-state index in [4.69, 9.17) is 0 Å². The van der Waals surface area contributed by atoms with Crippen LogP contribution in [-0.2, 0) is 6.54 Å². The van der Waals surface area contributed by atoms with Gasteiger partial charge in [0.2, 0.25) is 0 Å². The van der Waals surface area contributed by atoms with Crippen LogP contribution >= 0.6 is 0 Å². The third-order valence-electron chi connectivity index (χ3n) is 4.41. The van der Waals surface area contributed by atoms with Crippen molar-refractivity contribution in [3.8, 4) is 11.4 Å². The molecule has 0 atom stereocenters. The van der Waals surface area contributed by atoms with Gasteiger partial charge in [0.1, 0.15) is 17.3 Å². The van der Waals surface area contributed by atoms with Crippen molar-refractivity contribution in [2.24, 2.45) is 0 Å². The van der Waals surface area contributed by atoms with E-state index in [9.17, 15) is 9.18 Å². The number of hydrogen-bond donors (Lipinski definition) is 1. The van der Waals surface area contributed by atoms with E-state index in [0.29, 0.717) is 37.0 Å². The number of amides is 1. The van der Waals surface area contributed by atoms with Crippen LogP contribution in [0.15, 0.2) is 60.7 Å². The fourth-order valence-electron chi connectivity index (χ4n) is 2.83. The highest BCUT2D eigenvalue weighted by molar-refractivity contribution is 5.93. The molecular weight excluding hydrogens is 355 g/mol. The molecule has 1 heterocycles. The molecule has 0 fully saturated rings. The summed E-state index contributed by atoms with van der Waals surface area (Å²) < 4.78 is 13.1. The van der Waals surface area contributed by atoms with Gasteiger partial charge < -0.3 is 10.2 Å². The fraction of sp³-hybridized carbons (Fsp3) is 0.227. The first-order valence-electron chi connectivity index (χ1n) is 9.32. The minimum Gasteiger partial charge on any atom is -0.366 e. The number of anilines is 1. The molecular formula is C22H23FN4O. The minimum atomic E-state index is -0.274. The van der Waals surface area contributed by atoms with Crippen molar-refractivity contribution >= 4 is 11.7 Å². The normalized spacial score (nSPS) is 10.5. The molecule has 1 aromatic heterocycles. The summed E-state index contributed by atoms with van der Waals surface area (Å²) in [5.74, 6) is 0.632. The fourth-order valence-corrected chi connectivity index (χ4v) is 2.83. The van der Waals surface area contributed by atoms with Gasteiger partial charge in [-0.25, -0.2) is 14.4 Å². The molecule has 0 saturated carbocycles. The lowest BCUT2D eigenvalue weighted by Crippen LogP contribution is -2.31. The van der Waals surface area contributed by atoms with Gasteiger partial charge in [0.15, 0.2) is 5.82 Å². The predicted molar refractivity (Wildman–Crippen MR) is 108 cm³/mol. The van der Waals surface area contributed by atoms with Gasteiger partial charge >= 0.3 is 0 Å². The van der Waals surface area contributed by atoms with Crippen LogP contribution in [-0.4, -0.2) is 33.9 Å². The zero-order valence-electron chi connectivity index (χ0n) is 16.0. The Morgan fingerprint density at radius 3 is 2.32 bits per heavy atom. The SMILES string of the molecule is CCN(CC)C(=O)c1cc(NCc2ccc(F)cc2)nc(-c2ccccc2)n1. The van der Waals surface area contributed by atoms with Crippen molar-refractivity contribution in [1.82, 2.24) is 14.9 Å². The summed E-state index contributed by atoms with van der Waals surface area (Å²) >= 11 is 0. The van der Waals surface area contributed by atoms with Crippen LogP contribution in [0, 0.1) is 5.82 Å². The molecule has 0 aliphatic rings. The van der Waals surface area contributed by atoms with Crippen LogP contribution in [0.5, 0.6) is 0 Å². The van der Waals surface area contributed by atoms with Crippen molar-refractivity contribution in [1.29, 1.82) is 0 Å². The van der Waals surface area contributed by atoms with Crippen LogP contribution in [0.2, 0.25) is 0 Å². The summed E-state index contributed by atoms with van der Waals surface area (Å²) in [5.41, 5.74) is 2.10. The number of nitrogens with one attached hydrogen (secondary N) is 1. The molecule has 6 heteroatoms. The Hall–Kier alpha value is -3.28. The molecule has 0 saturated heterocycles. The van der Waals surface area contributed by atoms with Crippen molar-refractivity contribution in [2.75, 3.05) is 18.4 Å². The van der Waals surface area contributed by atoms with Crippen molar-refractivity contribution in [2.45, 2.75) is 20.4 Å². The summed E-state index contributed by atoms with van der Waals surface area (Å²) in [7, 11) is 0. The Kier molecular flexibility index (Phi) is 6.32. The Labute approximate surface area is 164 Å². The number of halogens is 1. The van der Waals surface area contributed by atoms with E-state index in [0.717, 1.165) is 11.1 Å². The molecule has 0 aliphatic heterocycles. The van der Waals surface area contributed by atoms with Gasteiger partial charge in [-0.05, 0) is 31.5 Å². The van der Waals surface area contributed by atoms with E-state index in [2.05, 4.69) is 15.3 Å². The second kappa shape index (κ2) is 9.08. The maximum atomic E-state index is 13.1. The number of nitrogens with zero attached hydrogens (tertiary/aromatic N) is 3. The number of aromatic nitrogens is 2. The van der Waals surface area contributed by atoms with Crippen LogP contribution in [0.25, 0.3) is 11.4 Å². The molecule has 3 aromatic rings. The summed E-state index contributed by atoms with van der Waals surface area (Å²) in [6.07, 6.45) is 0. The summed E-state index contributed by atoms with van der Waals surface area (Å²) in [4.78, 5) is 23.6. The largest absolute Gasteiger partial charge is 0.366 e. The second-order valence-corrected chi connectivity index (χ2v) is 6.29. The van der Waals surface area contributed by atoms with Gasteiger partial charge in [-0.15, -0.1) is 0 Å². The molecule has 0 radical (unpaired) electrons. The first-order chi connectivity index (χ1) is 13.6. The number of rotatable bonds is 7. The van der Waals surface area contributed by atoms with Gasteiger partial charge in [-0.3, -0.25) is 4.79 Å². The van der Waals surface area contributed by atoms with Crippen molar-refractivity contribution in [3.05, 3.63) is 77.7 Å². The Morgan fingerprint density at radius 1 is 1.00 bits per heavy atom. The molecule has 28 heavy (non-hydrogen) atoms. The monoisotopic (exact) mass is 378 g/mol. The van der Waals surface area contributed by atoms with E-state index >= 15 is 0 Å². The quantitative estimate of drug-likeness (QED) is 0.663. The highest BCUT2D eigenvalue weighted by Gasteiger charge is 2.17. The molecule has 0 unspecified atom stereocenters. The van der Waals surface area contributed by atoms with Crippen LogP contribution in [0.4, 0.5) is 10.2 Å². The Balaban J connectivity index is 1.92. The van der Waals surface area contributed by atoms with Gasteiger partial charge in [-0.1, -0.05) is 42.5 Å². The second-order valence-electron chi connectivity index (χ2n) is 6.29. The molecule has 2 aromatic carbocycles. The average molecular weight is 378 g/mol. The number of benzene rings is 2. The minimum absolute atomic E-state index is 0.130. The lowest BCUT2D eigenvalue weighted by molar-refractivity contribution is 0.0767. The summed E-state index contributed by atoms with van der Waals surface area (Å²) in [6, 6.07) is 17.5. The third-order valence-corrected chi connectivity index (χ3v) is 4.41. The van der Waals surface area contributed by atoms with Crippen LogP contribution in [0.1, 0.15) is 29.9 Å². The number of hydrogen-bond acceptors (Lipinski definition) is 4. The first-order valence-corrected chi connectivity index (χ1v) is 9.32. The van der Waals surface area contributed by atoms with E-state index in [1.54, 1.807) is 23.1 Å². The zero-order chi connectivity index (χ0) is 19.9. The Bertz CT molecular complexity index is 925.